The van der Waals surface area contributed by atoms with Gasteiger partial charge in [-0.1, -0.05) is 36.5 Å². The van der Waals surface area contributed by atoms with Gasteiger partial charge in [-0.05, 0) is 24.3 Å². The van der Waals surface area contributed by atoms with E-state index in [-0.39, 0.29) is 16.2 Å². The highest BCUT2D eigenvalue weighted by molar-refractivity contribution is 7.91. The summed E-state index contributed by atoms with van der Waals surface area (Å²) in [6.45, 7) is 1.55. The Morgan fingerprint density at radius 2 is 1.96 bits per heavy atom. The second-order valence-corrected chi connectivity index (χ2v) is 8.46. The summed E-state index contributed by atoms with van der Waals surface area (Å²) < 4.78 is 30.5. The van der Waals surface area contributed by atoms with Crippen molar-refractivity contribution >= 4 is 42.4 Å². The third-order valence-electron chi connectivity index (χ3n) is 3.67. The lowest BCUT2D eigenvalue weighted by Gasteiger charge is -2.08. The molecule has 2 aromatic carbocycles. The van der Waals surface area contributed by atoms with Gasteiger partial charge < -0.3 is 4.74 Å². The van der Waals surface area contributed by atoms with Crippen molar-refractivity contribution < 1.29 is 17.9 Å². The second-order valence-electron chi connectivity index (χ2n) is 5.18. The standard InChI is InChI=1S/C17H16N2O4S2/c1-3-25(21,22)14-10-5-4-7-11(14)16(20)19-17-18-15-12(23-2)8-6-9-13(15)24-17/h4-10H,3H2,1-2H3,(H,18,19,20). The van der Waals surface area contributed by atoms with Crippen LogP contribution in [0.4, 0.5) is 5.13 Å². The van der Waals surface area contributed by atoms with E-state index in [0.29, 0.717) is 16.4 Å². The minimum atomic E-state index is -3.50. The van der Waals surface area contributed by atoms with Crippen molar-refractivity contribution in [3.63, 3.8) is 0 Å². The van der Waals surface area contributed by atoms with E-state index in [0.717, 1.165) is 4.70 Å². The average Bonchev–Trinajstić information content (AvgIpc) is 3.04. The van der Waals surface area contributed by atoms with Gasteiger partial charge in [0.05, 0.1) is 28.0 Å². The predicted octanol–water partition coefficient (Wildman–Crippen LogP) is 3.35. The number of benzene rings is 2. The normalized spacial score (nSPS) is 11.4. The highest BCUT2D eigenvalue weighted by atomic mass is 32.2. The van der Waals surface area contributed by atoms with Crippen LogP contribution in [0.15, 0.2) is 47.4 Å². The molecule has 0 radical (unpaired) electrons. The van der Waals surface area contributed by atoms with Crippen molar-refractivity contribution in [3.05, 3.63) is 48.0 Å². The Bertz CT molecular complexity index is 1040. The Kier molecular flexibility index (Phi) is 4.73. The Balaban J connectivity index is 1.96. The molecule has 0 aliphatic carbocycles. The lowest BCUT2D eigenvalue weighted by atomic mass is 10.2. The number of rotatable bonds is 5. The zero-order valence-corrected chi connectivity index (χ0v) is 15.3. The first-order valence-corrected chi connectivity index (χ1v) is 10.00. The van der Waals surface area contributed by atoms with Gasteiger partial charge in [-0.2, -0.15) is 0 Å². The van der Waals surface area contributed by atoms with Crippen LogP contribution in [-0.4, -0.2) is 32.2 Å². The maximum absolute atomic E-state index is 12.6. The molecule has 0 bridgehead atoms. The third-order valence-corrected chi connectivity index (χ3v) is 6.39. The minimum absolute atomic E-state index is 0.0219. The van der Waals surface area contributed by atoms with Crippen LogP contribution in [-0.2, 0) is 9.84 Å². The lowest BCUT2D eigenvalue weighted by molar-refractivity contribution is 0.102. The predicted molar refractivity (Wildman–Crippen MR) is 98.3 cm³/mol. The van der Waals surface area contributed by atoms with E-state index < -0.39 is 15.7 Å². The van der Waals surface area contributed by atoms with Crippen LogP contribution in [0.3, 0.4) is 0 Å². The van der Waals surface area contributed by atoms with Gasteiger partial charge in [0.25, 0.3) is 5.91 Å². The van der Waals surface area contributed by atoms with Crippen LogP contribution in [0.2, 0.25) is 0 Å². The molecule has 25 heavy (non-hydrogen) atoms. The van der Waals surface area contributed by atoms with Crippen molar-refractivity contribution in [2.24, 2.45) is 0 Å². The second kappa shape index (κ2) is 6.81. The number of methoxy groups -OCH3 is 1. The number of nitrogens with one attached hydrogen (secondary N) is 1. The van der Waals surface area contributed by atoms with Crippen LogP contribution in [0.5, 0.6) is 5.75 Å². The van der Waals surface area contributed by atoms with Crippen molar-refractivity contribution in [1.29, 1.82) is 0 Å². The highest BCUT2D eigenvalue weighted by Crippen LogP contribution is 2.32. The summed E-state index contributed by atoms with van der Waals surface area (Å²) >= 11 is 1.30. The molecule has 0 aliphatic rings. The molecule has 0 unspecified atom stereocenters. The SMILES string of the molecule is CCS(=O)(=O)c1ccccc1C(=O)Nc1nc2c(OC)cccc2s1. The Labute approximate surface area is 149 Å². The summed E-state index contributed by atoms with van der Waals surface area (Å²) in [6.07, 6.45) is 0. The minimum Gasteiger partial charge on any atom is -0.494 e. The van der Waals surface area contributed by atoms with Crippen molar-refractivity contribution in [2.75, 3.05) is 18.2 Å². The zero-order chi connectivity index (χ0) is 18.0. The third kappa shape index (κ3) is 3.35. The summed E-state index contributed by atoms with van der Waals surface area (Å²) in [5.41, 5.74) is 0.760. The smallest absolute Gasteiger partial charge is 0.258 e. The van der Waals surface area contributed by atoms with Crippen LogP contribution < -0.4 is 10.1 Å². The van der Waals surface area contributed by atoms with Crippen LogP contribution in [0.1, 0.15) is 17.3 Å². The first-order chi connectivity index (χ1) is 12.0. The van der Waals surface area contributed by atoms with Gasteiger partial charge in [-0.15, -0.1) is 0 Å². The molecular formula is C17H16N2O4S2. The number of thiazole rings is 1. The van der Waals surface area contributed by atoms with Gasteiger partial charge >= 0.3 is 0 Å². The number of amides is 1. The maximum Gasteiger partial charge on any atom is 0.258 e. The summed E-state index contributed by atoms with van der Waals surface area (Å²) in [4.78, 5) is 17.0. The number of hydrogen-bond acceptors (Lipinski definition) is 6. The molecule has 0 spiro atoms. The molecule has 8 heteroatoms. The largest absolute Gasteiger partial charge is 0.494 e. The van der Waals surface area contributed by atoms with Crippen LogP contribution >= 0.6 is 11.3 Å². The molecule has 3 rings (SSSR count). The van der Waals surface area contributed by atoms with Crippen molar-refractivity contribution in [3.8, 4) is 5.75 Å². The van der Waals surface area contributed by atoms with Crippen LogP contribution in [0, 0.1) is 0 Å². The van der Waals surface area contributed by atoms with Gasteiger partial charge in [-0.3, -0.25) is 10.1 Å². The molecule has 0 saturated carbocycles. The number of aromatic nitrogens is 1. The molecule has 1 amide bonds. The van der Waals surface area contributed by atoms with E-state index in [1.165, 1.54) is 23.5 Å². The number of ether oxygens (including phenoxy) is 1. The van der Waals surface area contributed by atoms with Gasteiger partial charge in [0.1, 0.15) is 11.3 Å². The van der Waals surface area contributed by atoms with Gasteiger partial charge in [-0.25, -0.2) is 13.4 Å². The molecule has 6 nitrogen and oxygen atoms in total. The fourth-order valence-electron chi connectivity index (χ4n) is 2.39. The molecular weight excluding hydrogens is 360 g/mol. The molecule has 0 fully saturated rings. The quantitative estimate of drug-likeness (QED) is 0.738. The number of fused-ring (bicyclic) bond motifs is 1. The van der Waals surface area contributed by atoms with Crippen molar-refractivity contribution in [2.45, 2.75) is 11.8 Å². The van der Waals surface area contributed by atoms with E-state index in [1.807, 2.05) is 12.1 Å². The van der Waals surface area contributed by atoms with E-state index in [9.17, 15) is 13.2 Å². The summed E-state index contributed by atoms with van der Waals surface area (Å²) in [6, 6.07) is 11.7. The van der Waals surface area contributed by atoms with Gasteiger partial charge in [0, 0.05) is 0 Å². The lowest BCUT2D eigenvalue weighted by Crippen LogP contribution is -2.17. The van der Waals surface area contributed by atoms with Gasteiger partial charge in [0.15, 0.2) is 15.0 Å². The molecule has 0 saturated heterocycles. The average molecular weight is 376 g/mol. The highest BCUT2D eigenvalue weighted by Gasteiger charge is 2.21. The number of nitrogens with zero attached hydrogens (tertiary/aromatic N) is 1. The summed E-state index contributed by atoms with van der Waals surface area (Å²) in [5.74, 6) is 0.0316. The summed E-state index contributed by atoms with van der Waals surface area (Å²) in [5, 5.41) is 3.07. The fourth-order valence-corrected chi connectivity index (χ4v) is 4.36. The van der Waals surface area contributed by atoms with Crippen molar-refractivity contribution in [1.82, 2.24) is 4.98 Å². The first kappa shape index (κ1) is 17.4. The molecule has 1 aromatic heterocycles. The number of anilines is 1. The first-order valence-electron chi connectivity index (χ1n) is 7.53. The van der Waals surface area contributed by atoms with E-state index in [4.69, 9.17) is 4.74 Å². The molecule has 1 heterocycles. The number of carbonyl (C=O) groups excluding carboxylic acids is 1. The fraction of sp³-hybridized carbons (Fsp3) is 0.176. The van der Waals surface area contributed by atoms with Gasteiger partial charge in [0.2, 0.25) is 0 Å². The molecule has 130 valence electrons. The topological polar surface area (TPSA) is 85.4 Å². The molecule has 3 aromatic rings. The molecule has 0 aliphatic heterocycles. The molecule has 1 N–H and O–H groups in total. The number of para-hydroxylation sites is 1. The van der Waals surface area contributed by atoms with E-state index in [2.05, 4.69) is 10.3 Å². The number of carbonyl (C=O) groups is 1. The Morgan fingerprint density at radius 3 is 2.68 bits per heavy atom. The van der Waals surface area contributed by atoms with E-state index in [1.54, 1.807) is 32.2 Å². The number of hydrogen-bond donors (Lipinski definition) is 1. The zero-order valence-electron chi connectivity index (χ0n) is 13.6. The summed E-state index contributed by atoms with van der Waals surface area (Å²) in [7, 11) is -1.95. The maximum atomic E-state index is 12.6. The monoisotopic (exact) mass is 376 g/mol. The number of sulfone groups is 1. The Hall–Kier alpha value is -2.45. The van der Waals surface area contributed by atoms with E-state index >= 15 is 0 Å². The van der Waals surface area contributed by atoms with Crippen LogP contribution in [0.25, 0.3) is 10.2 Å². The molecule has 0 atom stereocenters. The Morgan fingerprint density at radius 1 is 1.20 bits per heavy atom.